The van der Waals surface area contributed by atoms with Gasteiger partial charge >= 0.3 is 0 Å². The third-order valence-electron chi connectivity index (χ3n) is 4.10. The van der Waals surface area contributed by atoms with Gasteiger partial charge < -0.3 is 10.5 Å². The van der Waals surface area contributed by atoms with Gasteiger partial charge in [0, 0.05) is 5.56 Å². The van der Waals surface area contributed by atoms with Crippen molar-refractivity contribution in [2.45, 2.75) is 0 Å². The lowest BCUT2D eigenvalue weighted by Gasteiger charge is -2.12. The van der Waals surface area contributed by atoms with Crippen molar-refractivity contribution in [2.75, 3.05) is 12.8 Å². The zero-order chi connectivity index (χ0) is 17.2. The Morgan fingerprint density at radius 3 is 2.44 bits per heavy atom. The van der Waals surface area contributed by atoms with Gasteiger partial charge in [-0.3, -0.25) is 0 Å². The van der Waals surface area contributed by atoms with Crippen molar-refractivity contribution < 1.29 is 4.74 Å². The zero-order valence-electron chi connectivity index (χ0n) is 13.7. The molecule has 2 N–H and O–H groups in total. The average Bonchev–Trinajstić information content (AvgIpc) is 2.68. The van der Waals surface area contributed by atoms with Crippen molar-refractivity contribution >= 4 is 16.9 Å². The summed E-state index contributed by atoms with van der Waals surface area (Å²) in [5, 5.41) is 0.757. The standard InChI is InChI=1S/C20H16N4O/c1-25-17-10-6-5-9-14(17)16-11-15(13-7-3-2-4-8-13)18-19(21)22-12-23-20(18)24-16/h2-12H,1H3,(H2,21,22,23,24). The van der Waals surface area contributed by atoms with Crippen LogP contribution in [0.5, 0.6) is 5.75 Å². The van der Waals surface area contributed by atoms with Gasteiger partial charge in [0.25, 0.3) is 0 Å². The number of rotatable bonds is 3. The lowest BCUT2D eigenvalue weighted by molar-refractivity contribution is 0.416. The number of fused-ring (bicyclic) bond motifs is 1. The number of pyridine rings is 1. The van der Waals surface area contributed by atoms with E-state index in [4.69, 9.17) is 10.5 Å². The normalized spacial score (nSPS) is 10.8. The molecule has 2 aromatic heterocycles. The Hall–Kier alpha value is -3.47. The highest BCUT2D eigenvalue weighted by Gasteiger charge is 2.15. The number of nitrogen functional groups attached to an aromatic ring is 1. The zero-order valence-corrected chi connectivity index (χ0v) is 13.7. The molecule has 0 aliphatic carbocycles. The Balaban J connectivity index is 2.06. The highest BCUT2D eigenvalue weighted by molar-refractivity contribution is 6.01. The van der Waals surface area contributed by atoms with Gasteiger partial charge in [0.1, 0.15) is 17.9 Å². The fourth-order valence-electron chi connectivity index (χ4n) is 2.93. The summed E-state index contributed by atoms with van der Waals surface area (Å²) in [6.45, 7) is 0. The van der Waals surface area contributed by atoms with Gasteiger partial charge in [0.05, 0.1) is 18.2 Å². The molecule has 0 unspecified atom stereocenters. The molecule has 2 aromatic carbocycles. The third kappa shape index (κ3) is 2.65. The minimum Gasteiger partial charge on any atom is -0.496 e. The molecule has 0 saturated heterocycles. The smallest absolute Gasteiger partial charge is 0.165 e. The Morgan fingerprint density at radius 2 is 1.64 bits per heavy atom. The van der Waals surface area contributed by atoms with Crippen molar-refractivity contribution in [2.24, 2.45) is 0 Å². The first-order valence-corrected chi connectivity index (χ1v) is 7.88. The molecule has 25 heavy (non-hydrogen) atoms. The maximum Gasteiger partial charge on any atom is 0.165 e. The summed E-state index contributed by atoms with van der Waals surface area (Å²) in [5.74, 6) is 1.18. The Kier molecular flexibility index (Phi) is 3.74. The monoisotopic (exact) mass is 328 g/mol. The SMILES string of the molecule is COc1ccccc1-c1cc(-c2ccccc2)c2c(N)ncnc2n1. The second kappa shape index (κ2) is 6.20. The largest absolute Gasteiger partial charge is 0.496 e. The van der Waals surface area contributed by atoms with Crippen molar-refractivity contribution in [3.8, 4) is 28.1 Å². The summed E-state index contributed by atoms with van der Waals surface area (Å²) in [6.07, 6.45) is 1.44. The molecule has 0 amide bonds. The molecular formula is C20H16N4O. The van der Waals surface area contributed by atoms with Crippen LogP contribution in [0.4, 0.5) is 5.82 Å². The van der Waals surface area contributed by atoms with Gasteiger partial charge in [-0.1, -0.05) is 42.5 Å². The molecule has 4 rings (SSSR count). The third-order valence-corrected chi connectivity index (χ3v) is 4.10. The van der Waals surface area contributed by atoms with Gasteiger partial charge in [0.2, 0.25) is 0 Å². The van der Waals surface area contributed by atoms with Crippen LogP contribution in [0.3, 0.4) is 0 Å². The summed E-state index contributed by atoms with van der Waals surface area (Å²) in [6, 6.07) is 19.8. The van der Waals surface area contributed by atoms with E-state index in [-0.39, 0.29) is 0 Å². The lowest BCUT2D eigenvalue weighted by Crippen LogP contribution is -1.99. The Morgan fingerprint density at radius 1 is 0.880 bits per heavy atom. The maximum atomic E-state index is 6.12. The topological polar surface area (TPSA) is 73.9 Å². The number of hydrogen-bond donors (Lipinski definition) is 1. The average molecular weight is 328 g/mol. The summed E-state index contributed by atoms with van der Waals surface area (Å²) >= 11 is 0. The van der Waals surface area contributed by atoms with E-state index in [0.717, 1.165) is 33.5 Å². The van der Waals surface area contributed by atoms with Crippen LogP contribution in [0.2, 0.25) is 0 Å². The molecule has 0 fully saturated rings. The number of aromatic nitrogens is 3. The number of nitrogens with zero attached hydrogens (tertiary/aromatic N) is 3. The van der Waals surface area contributed by atoms with Crippen molar-refractivity contribution in [3.05, 3.63) is 67.0 Å². The number of nitrogens with two attached hydrogens (primary N) is 1. The van der Waals surface area contributed by atoms with E-state index in [0.29, 0.717) is 11.5 Å². The predicted octanol–water partition coefficient (Wildman–Crippen LogP) is 3.95. The van der Waals surface area contributed by atoms with Crippen LogP contribution in [-0.4, -0.2) is 22.1 Å². The summed E-state index contributed by atoms with van der Waals surface area (Å²) < 4.78 is 5.48. The first-order chi connectivity index (χ1) is 12.3. The fourth-order valence-corrected chi connectivity index (χ4v) is 2.93. The molecule has 4 aromatic rings. The van der Waals surface area contributed by atoms with Crippen molar-refractivity contribution in [1.29, 1.82) is 0 Å². The van der Waals surface area contributed by atoms with Gasteiger partial charge in [0.15, 0.2) is 5.65 Å². The highest BCUT2D eigenvalue weighted by Crippen LogP contribution is 2.36. The summed E-state index contributed by atoms with van der Waals surface area (Å²) in [4.78, 5) is 13.1. The quantitative estimate of drug-likeness (QED) is 0.616. The molecule has 122 valence electrons. The van der Waals surface area contributed by atoms with Crippen molar-refractivity contribution in [1.82, 2.24) is 15.0 Å². The predicted molar refractivity (Wildman–Crippen MR) is 99.2 cm³/mol. The van der Waals surface area contributed by atoms with E-state index in [9.17, 15) is 0 Å². The van der Waals surface area contributed by atoms with Crippen LogP contribution in [0.25, 0.3) is 33.4 Å². The first kappa shape index (κ1) is 15.1. The number of ether oxygens (including phenoxy) is 1. The first-order valence-electron chi connectivity index (χ1n) is 7.88. The molecule has 0 bridgehead atoms. The van der Waals surface area contributed by atoms with Crippen LogP contribution >= 0.6 is 0 Å². The number of anilines is 1. The van der Waals surface area contributed by atoms with Crippen LogP contribution in [0.15, 0.2) is 67.0 Å². The molecule has 0 atom stereocenters. The van der Waals surface area contributed by atoms with E-state index < -0.39 is 0 Å². The second-order valence-electron chi connectivity index (χ2n) is 5.58. The molecule has 0 radical (unpaired) electrons. The van der Waals surface area contributed by atoms with Crippen LogP contribution in [0, 0.1) is 0 Å². The van der Waals surface area contributed by atoms with E-state index in [1.807, 2.05) is 60.7 Å². The van der Waals surface area contributed by atoms with Gasteiger partial charge in [-0.2, -0.15) is 0 Å². The number of hydrogen-bond acceptors (Lipinski definition) is 5. The molecule has 0 spiro atoms. The van der Waals surface area contributed by atoms with Gasteiger partial charge in [-0.25, -0.2) is 15.0 Å². The molecular weight excluding hydrogens is 312 g/mol. The van der Waals surface area contributed by atoms with Crippen LogP contribution < -0.4 is 10.5 Å². The minimum absolute atomic E-state index is 0.419. The second-order valence-corrected chi connectivity index (χ2v) is 5.58. The van der Waals surface area contributed by atoms with Gasteiger partial charge in [-0.15, -0.1) is 0 Å². The van der Waals surface area contributed by atoms with E-state index in [1.54, 1.807) is 7.11 Å². The maximum absolute atomic E-state index is 6.12. The van der Waals surface area contributed by atoms with E-state index in [2.05, 4.69) is 15.0 Å². The van der Waals surface area contributed by atoms with E-state index in [1.165, 1.54) is 6.33 Å². The molecule has 0 aliphatic rings. The molecule has 2 heterocycles. The van der Waals surface area contributed by atoms with Crippen molar-refractivity contribution in [3.63, 3.8) is 0 Å². The Labute approximate surface area is 145 Å². The fraction of sp³-hybridized carbons (Fsp3) is 0.0500. The Bertz CT molecular complexity index is 1050. The van der Waals surface area contributed by atoms with Crippen LogP contribution in [0.1, 0.15) is 0 Å². The van der Waals surface area contributed by atoms with E-state index >= 15 is 0 Å². The highest BCUT2D eigenvalue weighted by atomic mass is 16.5. The molecule has 0 saturated carbocycles. The molecule has 0 aliphatic heterocycles. The number of benzene rings is 2. The number of para-hydroxylation sites is 1. The summed E-state index contributed by atoms with van der Waals surface area (Å²) in [5.41, 5.74) is 10.4. The molecule has 5 heteroatoms. The number of methoxy groups -OCH3 is 1. The lowest BCUT2D eigenvalue weighted by atomic mass is 9.99. The van der Waals surface area contributed by atoms with Crippen LogP contribution in [-0.2, 0) is 0 Å². The molecule has 5 nitrogen and oxygen atoms in total. The summed E-state index contributed by atoms with van der Waals surface area (Å²) in [7, 11) is 1.65. The minimum atomic E-state index is 0.419. The van der Waals surface area contributed by atoms with Gasteiger partial charge in [-0.05, 0) is 29.3 Å².